The van der Waals surface area contributed by atoms with Gasteiger partial charge in [-0.15, -0.1) is 0 Å². The Labute approximate surface area is 152 Å². The molecule has 1 aliphatic heterocycles. The molecule has 2 fully saturated rings. The molecule has 0 unspecified atom stereocenters. The van der Waals surface area contributed by atoms with Crippen molar-refractivity contribution < 1.29 is 18.3 Å². The van der Waals surface area contributed by atoms with Gasteiger partial charge in [0.05, 0.1) is 0 Å². The van der Waals surface area contributed by atoms with E-state index in [1.807, 2.05) is 4.90 Å². The maximum absolute atomic E-state index is 13.6. The Kier molecular flexibility index (Phi) is 4.96. The summed E-state index contributed by atoms with van der Waals surface area (Å²) in [6.07, 6.45) is 7.10. The number of hydrogen-bond donors (Lipinski definition) is 0. The van der Waals surface area contributed by atoms with Crippen molar-refractivity contribution in [2.45, 2.75) is 51.2 Å². The van der Waals surface area contributed by atoms with E-state index in [-0.39, 0.29) is 18.3 Å². The van der Waals surface area contributed by atoms with Crippen molar-refractivity contribution in [2.75, 3.05) is 6.54 Å². The minimum absolute atomic E-state index is 0.0289. The van der Waals surface area contributed by atoms with E-state index in [1.165, 1.54) is 31.7 Å². The van der Waals surface area contributed by atoms with Crippen LogP contribution in [0, 0.1) is 11.7 Å². The molecule has 2 heterocycles. The number of halogens is 1. The van der Waals surface area contributed by atoms with Crippen LogP contribution in [0.1, 0.15) is 54.8 Å². The summed E-state index contributed by atoms with van der Waals surface area (Å²) in [5.41, 5.74) is 0. The zero-order valence-electron chi connectivity index (χ0n) is 14.8. The van der Waals surface area contributed by atoms with E-state index < -0.39 is 5.82 Å². The van der Waals surface area contributed by atoms with Crippen molar-refractivity contribution in [3.05, 3.63) is 53.7 Å². The molecule has 1 aromatic carbocycles. The molecular weight excluding hydrogens is 333 g/mol. The van der Waals surface area contributed by atoms with Gasteiger partial charge in [0.25, 0.3) is 5.91 Å². The van der Waals surface area contributed by atoms with Crippen LogP contribution >= 0.6 is 0 Å². The molecule has 1 aliphatic carbocycles. The van der Waals surface area contributed by atoms with Crippen LogP contribution in [0.2, 0.25) is 0 Å². The molecule has 0 radical (unpaired) electrons. The lowest BCUT2D eigenvalue weighted by molar-refractivity contribution is 0.0359. The Hall–Kier alpha value is -2.30. The van der Waals surface area contributed by atoms with E-state index in [9.17, 15) is 9.18 Å². The molecule has 4 nitrogen and oxygen atoms in total. The minimum atomic E-state index is -0.410. The Morgan fingerprint density at radius 3 is 2.81 bits per heavy atom. The van der Waals surface area contributed by atoms with Crippen LogP contribution in [0.25, 0.3) is 0 Å². The summed E-state index contributed by atoms with van der Waals surface area (Å²) in [7, 11) is 0. The Morgan fingerprint density at radius 2 is 1.92 bits per heavy atom. The highest BCUT2D eigenvalue weighted by atomic mass is 19.1. The molecule has 1 aromatic heterocycles. The highest BCUT2D eigenvalue weighted by molar-refractivity contribution is 5.91. The molecule has 138 valence electrons. The smallest absolute Gasteiger partial charge is 0.289 e. The van der Waals surface area contributed by atoms with Crippen LogP contribution in [0.5, 0.6) is 5.75 Å². The van der Waals surface area contributed by atoms with Gasteiger partial charge in [0.15, 0.2) is 17.3 Å². The highest BCUT2D eigenvalue weighted by Crippen LogP contribution is 2.36. The van der Waals surface area contributed by atoms with Gasteiger partial charge in [0, 0.05) is 12.6 Å². The van der Waals surface area contributed by atoms with Crippen LogP contribution in [0.4, 0.5) is 4.39 Å². The first kappa shape index (κ1) is 17.1. The van der Waals surface area contributed by atoms with Crippen LogP contribution in [0.15, 0.2) is 40.8 Å². The van der Waals surface area contributed by atoms with Gasteiger partial charge < -0.3 is 14.1 Å². The van der Waals surface area contributed by atoms with Crippen molar-refractivity contribution in [3.63, 3.8) is 0 Å². The first-order valence-electron chi connectivity index (χ1n) is 9.49. The topological polar surface area (TPSA) is 42.7 Å². The van der Waals surface area contributed by atoms with Crippen molar-refractivity contribution in [2.24, 2.45) is 5.92 Å². The van der Waals surface area contributed by atoms with Crippen molar-refractivity contribution >= 4 is 5.91 Å². The number of likely N-dealkylation sites (tertiary alicyclic amines) is 1. The summed E-state index contributed by atoms with van der Waals surface area (Å²) >= 11 is 0. The second-order valence-electron chi connectivity index (χ2n) is 7.24. The van der Waals surface area contributed by atoms with Gasteiger partial charge >= 0.3 is 0 Å². The van der Waals surface area contributed by atoms with Gasteiger partial charge in [-0.25, -0.2) is 4.39 Å². The lowest BCUT2D eigenvalue weighted by Gasteiger charge is -2.43. The molecule has 1 saturated heterocycles. The number of piperidine rings is 1. The fourth-order valence-electron chi connectivity index (χ4n) is 4.30. The number of benzene rings is 1. The number of nitrogens with zero attached hydrogens (tertiary/aromatic N) is 1. The number of carbonyl (C=O) groups excluding carboxylic acids is 1. The first-order valence-corrected chi connectivity index (χ1v) is 9.49. The number of rotatable bonds is 4. The molecule has 2 atom stereocenters. The van der Waals surface area contributed by atoms with Gasteiger partial charge in [0.1, 0.15) is 12.4 Å². The van der Waals surface area contributed by atoms with E-state index in [2.05, 4.69) is 0 Å². The molecule has 26 heavy (non-hydrogen) atoms. The summed E-state index contributed by atoms with van der Waals surface area (Å²) in [5.74, 6) is 1.25. The number of carbonyl (C=O) groups is 1. The van der Waals surface area contributed by atoms with E-state index >= 15 is 0 Å². The third-order valence-electron chi connectivity index (χ3n) is 5.58. The molecule has 0 spiro atoms. The summed E-state index contributed by atoms with van der Waals surface area (Å²) in [6, 6.07) is 10.0. The van der Waals surface area contributed by atoms with Crippen LogP contribution in [0.3, 0.4) is 0 Å². The maximum atomic E-state index is 13.6. The summed E-state index contributed by atoms with van der Waals surface area (Å²) in [4.78, 5) is 14.9. The van der Waals surface area contributed by atoms with Crippen molar-refractivity contribution in [1.29, 1.82) is 0 Å². The quantitative estimate of drug-likeness (QED) is 0.790. The Balaban J connectivity index is 1.42. The molecule has 1 saturated carbocycles. The molecule has 0 bridgehead atoms. The number of para-hydroxylation sites is 1. The zero-order chi connectivity index (χ0) is 17.9. The molecule has 0 N–H and O–H groups in total. The average Bonchev–Trinajstić information content (AvgIpc) is 3.15. The summed E-state index contributed by atoms with van der Waals surface area (Å²) in [6.45, 7) is 0.905. The normalized spacial score (nSPS) is 22.7. The van der Waals surface area contributed by atoms with E-state index in [4.69, 9.17) is 9.15 Å². The Morgan fingerprint density at radius 1 is 1.12 bits per heavy atom. The van der Waals surface area contributed by atoms with Gasteiger partial charge in [-0.05, 0) is 55.9 Å². The van der Waals surface area contributed by atoms with Gasteiger partial charge in [0.2, 0.25) is 0 Å². The standard InChI is InChI=1S/C21H24FNO3/c22-17-8-2-4-10-19(17)25-14-16-11-12-20(26-16)21(24)23-13-5-7-15-6-1-3-9-18(15)23/h2,4,8,10-12,15,18H,1,3,5-7,9,13-14H2/t15-,18+/m1/s1. The largest absolute Gasteiger partial charge is 0.483 e. The first-order chi connectivity index (χ1) is 12.7. The molecular formula is C21H24FNO3. The fraction of sp³-hybridized carbons (Fsp3) is 0.476. The monoisotopic (exact) mass is 357 g/mol. The average molecular weight is 357 g/mol. The van der Waals surface area contributed by atoms with Crippen LogP contribution < -0.4 is 4.74 Å². The molecule has 2 aliphatic rings. The van der Waals surface area contributed by atoms with Crippen LogP contribution in [-0.4, -0.2) is 23.4 Å². The van der Waals surface area contributed by atoms with Crippen molar-refractivity contribution in [3.8, 4) is 5.75 Å². The third-order valence-corrected chi connectivity index (χ3v) is 5.58. The number of fused-ring (bicyclic) bond motifs is 1. The number of hydrogen-bond acceptors (Lipinski definition) is 3. The predicted octanol–water partition coefficient (Wildman–Crippen LogP) is 4.79. The molecule has 2 aromatic rings. The van der Waals surface area contributed by atoms with Gasteiger partial charge in [-0.2, -0.15) is 0 Å². The number of furan rings is 1. The second-order valence-corrected chi connectivity index (χ2v) is 7.24. The fourth-order valence-corrected chi connectivity index (χ4v) is 4.30. The second kappa shape index (κ2) is 7.52. The predicted molar refractivity (Wildman–Crippen MR) is 95.5 cm³/mol. The van der Waals surface area contributed by atoms with E-state index in [0.29, 0.717) is 23.5 Å². The highest BCUT2D eigenvalue weighted by Gasteiger charge is 2.36. The van der Waals surface area contributed by atoms with Gasteiger partial charge in [-0.3, -0.25) is 4.79 Å². The van der Waals surface area contributed by atoms with Crippen LogP contribution in [-0.2, 0) is 6.61 Å². The minimum Gasteiger partial charge on any atom is -0.483 e. The number of amides is 1. The van der Waals surface area contributed by atoms with E-state index in [0.717, 1.165) is 19.4 Å². The maximum Gasteiger partial charge on any atom is 0.289 e. The SMILES string of the molecule is O=C(c1ccc(COc2ccccc2F)o1)N1CCC[C@H]2CCCC[C@@H]21. The van der Waals surface area contributed by atoms with E-state index in [1.54, 1.807) is 30.3 Å². The Bertz CT molecular complexity index is 770. The lowest BCUT2D eigenvalue weighted by Crippen LogP contribution is -2.49. The summed E-state index contributed by atoms with van der Waals surface area (Å²) < 4.78 is 24.8. The van der Waals surface area contributed by atoms with Crippen molar-refractivity contribution in [1.82, 2.24) is 4.90 Å². The summed E-state index contributed by atoms with van der Waals surface area (Å²) in [5, 5.41) is 0. The number of ether oxygens (including phenoxy) is 1. The third kappa shape index (κ3) is 3.48. The molecule has 4 rings (SSSR count). The lowest BCUT2D eigenvalue weighted by atomic mass is 9.78. The zero-order valence-corrected chi connectivity index (χ0v) is 14.8. The molecule has 5 heteroatoms. The molecule has 1 amide bonds. The van der Waals surface area contributed by atoms with Gasteiger partial charge in [-0.1, -0.05) is 25.0 Å².